The minimum atomic E-state index is -0.319. The summed E-state index contributed by atoms with van der Waals surface area (Å²) in [5, 5.41) is 7.38. The topological polar surface area (TPSA) is 70.6 Å². The Hall–Kier alpha value is -2.66. The van der Waals surface area contributed by atoms with Gasteiger partial charge in [-0.3, -0.25) is 9.59 Å². The van der Waals surface area contributed by atoms with E-state index >= 15 is 0 Å². The average Bonchev–Trinajstić information content (AvgIpc) is 3.42. The van der Waals surface area contributed by atoms with E-state index in [0.717, 1.165) is 18.4 Å². The molecule has 3 rings (SSSR count). The zero-order valence-electron chi connectivity index (χ0n) is 12.8. The molecule has 0 unspecified atom stereocenters. The largest absolute Gasteiger partial charge is 0.326 e. The molecule has 0 aromatic heterocycles. The van der Waals surface area contributed by atoms with Gasteiger partial charge in [0.05, 0.1) is 6.21 Å². The van der Waals surface area contributed by atoms with Crippen LogP contribution in [0.2, 0.25) is 5.02 Å². The fourth-order valence-electron chi connectivity index (χ4n) is 2.07. The van der Waals surface area contributed by atoms with Gasteiger partial charge in [0, 0.05) is 22.2 Å². The first-order valence-electron chi connectivity index (χ1n) is 7.62. The molecule has 1 aliphatic carbocycles. The number of hydrazone groups is 1. The third-order valence-electron chi connectivity index (χ3n) is 3.61. The first-order valence-corrected chi connectivity index (χ1v) is 7.99. The monoisotopic (exact) mass is 341 g/mol. The summed E-state index contributed by atoms with van der Waals surface area (Å²) in [5.41, 5.74) is 4.45. The number of carbonyl (C=O) groups is 2. The lowest BCUT2D eigenvalue weighted by Crippen LogP contribution is -2.18. The predicted molar refractivity (Wildman–Crippen MR) is 94.3 cm³/mol. The van der Waals surface area contributed by atoms with Gasteiger partial charge in [0.2, 0.25) is 5.91 Å². The quantitative estimate of drug-likeness (QED) is 0.646. The van der Waals surface area contributed by atoms with E-state index in [-0.39, 0.29) is 17.7 Å². The van der Waals surface area contributed by atoms with Crippen LogP contribution in [0.3, 0.4) is 0 Å². The highest BCUT2D eigenvalue weighted by Crippen LogP contribution is 2.30. The minimum Gasteiger partial charge on any atom is -0.326 e. The zero-order valence-corrected chi connectivity index (χ0v) is 13.6. The molecule has 0 heterocycles. The molecule has 2 aromatic carbocycles. The van der Waals surface area contributed by atoms with Gasteiger partial charge >= 0.3 is 0 Å². The molecule has 0 aliphatic heterocycles. The Labute approximate surface area is 144 Å². The van der Waals surface area contributed by atoms with Crippen molar-refractivity contribution in [2.24, 2.45) is 11.0 Å². The molecule has 0 bridgehead atoms. The molecule has 1 saturated carbocycles. The molecule has 0 radical (unpaired) electrons. The van der Waals surface area contributed by atoms with Crippen LogP contribution in [0.1, 0.15) is 28.8 Å². The fourth-order valence-corrected chi connectivity index (χ4v) is 2.20. The molecule has 122 valence electrons. The number of amides is 2. The summed E-state index contributed by atoms with van der Waals surface area (Å²) in [5.74, 6) is -0.129. The first-order chi connectivity index (χ1) is 11.6. The highest BCUT2D eigenvalue weighted by Gasteiger charge is 2.29. The number of anilines is 1. The van der Waals surface area contributed by atoms with Crippen molar-refractivity contribution < 1.29 is 9.59 Å². The Morgan fingerprint density at radius 1 is 1.04 bits per heavy atom. The van der Waals surface area contributed by atoms with Crippen molar-refractivity contribution in [1.29, 1.82) is 0 Å². The number of rotatable bonds is 5. The maximum absolute atomic E-state index is 12.0. The van der Waals surface area contributed by atoms with Crippen molar-refractivity contribution in [3.63, 3.8) is 0 Å². The number of nitrogens with zero attached hydrogens (tertiary/aromatic N) is 1. The summed E-state index contributed by atoms with van der Waals surface area (Å²) < 4.78 is 0. The van der Waals surface area contributed by atoms with Crippen LogP contribution in [0.4, 0.5) is 5.69 Å². The van der Waals surface area contributed by atoms with E-state index in [4.69, 9.17) is 11.6 Å². The van der Waals surface area contributed by atoms with Crippen LogP contribution >= 0.6 is 11.6 Å². The van der Waals surface area contributed by atoms with E-state index in [0.29, 0.717) is 16.3 Å². The number of carbonyl (C=O) groups excluding carboxylic acids is 2. The number of hydrogen-bond acceptors (Lipinski definition) is 3. The zero-order chi connectivity index (χ0) is 16.9. The smallest absolute Gasteiger partial charge is 0.271 e. The molecule has 1 fully saturated rings. The van der Waals surface area contributed by atoms with Crippen molar-refractivity contribution in [1.82, 2.24) is 5.43 Å². The van der Waals surface area contributed by atoms with Crippen molar-refractivity contribution in [2.45, 2.75) is 12.8 Å². The highest BCUT2D eigenvalue weighted by molar-refractivity contribution is 6.30. The van der Waals surface area contributed by atoms with Crippen LogP contribution in [0.25, 0.3) is 0 Å². The van der Waals surface area contributed by atoms with Gasteiger partial charge in [-0.2, -0.15) is 5.10 Å². The summed E-state index contributed by atoms with van der Waals surface area (Å²) in [7, 11) is 0. The molecule has 0 atom stereocenters. The van der Waals surface area contributed by atoms with E-state index in [1.807, 2.05) is 0 Å². The Morgan fingerprint density at radius 3 is 2.33 bits per heavy atom. The molecule has 24 heavy (non-hydrogen) atoms. The standard InChI is InChI=1S/C18H16ClN3O2/c19-15-7-1-12(2-8-15)11-20-22-18(24)14-5-9-16(10-6-14)21-17(23)13-3-4-13/h1-2,5-11,13H,3-4H2,(H,21,23)(H,22,24). The van der Waals surface area contributed by atoms with E-state index in [1.54, 1.807) is 54.7 Å². The lowest BCUT2D eigenvalue weighted by atomic mass is 10.2. The molecular formula is C18H16ClN3O2. The summed E-state index contributed by atoms with van der Waals surface area (Å²) in [4.78, 5) is 23.7. The summed E-state index contributed by atoms with van der Waals surface area (Å²) >= 11 is 5.80. The SMILES string of the molecule is O=C(NN=Cc1ccc(Cl)cc1)c1ccc(NC(=O)C2CC2)cc1. The van der Waals surface area contributed by atoms with Crippen LogP contribution in [-0.2, 0) is 4.79 Å². The van der Waals surface area contributed by atoms with Crippen molar-refractivity contribution in [3.8, 4) is 0 Å². The number of halogens is 1. The molecule has 2 N–H and O–H groups in total. The van der Waals surface area contributed by atoms with Crippen LogP contribution in [-0.4, -0.2) is 18.0 Å². The predicted octanol–water partition coefficient (Wildman–Crippen LogP) is 3.45. The summed E-state index contributed by atoms with van der Waals surface area (Å²) in [6.07, 6.45) is 3.45. The molecule has 6 heteroatoms. The summed E-state index contributed by atoms with van der Waals surface area (Å²) in [6, 6.07) is 13.8. The Kier molecular flexibility index (Phi) is 4.91. The molecule has 1 aliphatic rings. The molecule has 2 amide bonds. The van der Waals surface area contributed by atoms with Gasteiger partial charge in [-0.15, -0.1) is 0 Å². The van der Waals surface area contributed by atoms with Gasteiger partial charge in [0.15, 0.2) is 0 Å². The lowest BCUT2D eigenvalue weighted by Gasteiger charge is -2.05. The maximum Gasteiger partial charge on any atom is 0.271 e. The third-order valence-corrected chi connectivity index (χ3v) is 3.86. The van der Waals surface area contributed by atoms with Gasteiger partial charge in [0.25, 0.3) is 5.91 Å². The maximum atomic E-state index is 12.0. The minimum absolute atomic E-state index is 0.0415. The second-order valence-corrected chi connectivity index (χ2v) is 6.03. The van der Waals surface area contributed by atoms with Crippen molar-refractivity contribution in [3.05, 3.63) is 64.7 Å². The van der Waals surface area contributed by atoms with Crippen LogP contribution in [0, 0.1) is 5.92 Å². The number of benzene rings is 2. The molecule has 5 nitrogen and oxygen atoms in total. The van der Waals surface area contributed by atoms with Gasteiger partial charge in [-0.1, -0.05) is 23.7 Å². The van der Waals surface area contributed by atoms with Crippen molar-refractivity contribution >= 4 is 35.3 Å². The van der Waals surface area contributed by atoms with Gasteiger partial charge in [-0.25, -0.2) is 5.43 Å². The second-order valence-electron chi connectivity index (χ2n) is 5.59. The molecule has 2 aromatic rings. The van der Waals surface area contributed by atoms with E-state index in [9.17, 15) is 9.59 Å². The normalized spacial score (nSPS) is 13.7. The van der Waals surface area contributed by atoms with Crippen LogP contribution in [0.5, 0.6) is 0 Å². The van der Waals surface area contributed by atoms with Gasteiger partial charge in [0.1, 0.15) is 0 Å². The van der Waals surface area contributed by atoms with Crippen molar-refractivity contribution in [2.75, 3.05) is 5.32 Å². The third kappa shape index (κ3) is 4.43. The van der Waals surface area contributed by atoms with Gasteiger partial charge in [-0.05, 0) is 54.8 Å². The number of hydrogen-bond donors (Lipinski definition) is 2. The van der Waals surface area contributed by atoms with E-state index in [1.165, 1.54) is 0 Å². The van der Waals surface area contributed by atoms with Gasteiger partial charge < -0.3 is 5.32 Å². The van der Waals surface area contributed by atoms with Crippen LogP contribution in [0.15, 0.2) is 53.6 Å². The first kappa shape index (κ1) is 16.2. The van der Waals surface area contributed by atoms with Crippen LogP contribution < -0.4 is 10.7 Å². The van der Waals surface area contributed by atoms with E-state index in [2.05, 4.69) is 15.8 Å². The lowest BCUT2D eigenvalue weighted by molar-refractivity contribution is -0.117. The Bertz CT molecular complexity index is 766. The van der Waals surface area contributed by atoms with E-state index < -0.39 is 0 Å². The number of nitrogens with one attached hydrogen (secondary N) is 2. The molecular weight excluding hydrogens is 326 g/mol. The Balaban J connectivity index is 1.54. The second kappa shape index (κ2) is 7.27. The Morgan fingerprint density at radius 2 is 1.71 bits per heavy atom. The fraction of sp³-hybridized carbons (Fsp3) is 0.167. The average molecular weight is 342 g/mol. The molecule has 0 saturated heterocycles. The molecule has 0 spiro atoms. The highest BCUT2D eigenvalue weighted by atomic mass is 35.5. The summed E-state index contributed by atoms with van der Waals surface area (Å²) in [6.45, 7) is 0.